The maximum atomic E-state index is 9.66. The fourth-order valence-electron chi connectivity index (χ4n) is 1.94. The highest BCUT2D eigenvalue weighted by Crippen LogP contribution is 2.11. The lowest BCUT2D eigenvalue weighted by molar-refractivity contribution is 0.126. The van der Waals surface area contributed by atoms with Gasteiger partial charge in [-0.3, -0.25) is 0 Å². The Kier molecular flexibility index (Phi) is 12.9. The molecule has 0 aliphatic rings. The minimum absolute atomic E-state index is 0.106. The molecule has 16 heavy (non-hydrogen) atoms. The first-order valence-electron chi connectivity index (χ1n) is 6.98. The first kappa shape index (κ1) is 15.9. The highest BCUT2D eigenvalue weighted by atomic mass is 16.5. The van der Waals surface area contributed by atoms with Crippen LogP contribution in [0, 0.1) is 0 Å². The van der Waals surface area contributed by atoms with Crippen molar-refractivity contribution in [3.63, 3.8) is 0 Å². The summed E-state index contributed by atoms with van der Waals surface area (Å²) in [4.78, 5) is 0. The van der Waals surface area contributed by atoms with Crippen molar-refractivity contribution in [2.24, 2.45) is 0 Å². The van der Waals surface area contributed by atoms with E-state index >= 15 is 0 Å². The van der Waals surface area contributed by atoms with Crippen LogP contribution in [-0.4, -0.2) is 24.9 Å². The molecule has 0 radical (unpaired) electrons. The van der Waals surface area contributed by atoms with Crippen LogP contribution in [-0.2, 0) is 4.74 Å². The summed E-state index contributed by atoms with van der Waals surface area (Å²) in [5.41, 5.74) is 0. The third-order valence-corrected chi connectivity index (χ3v) is 3.03. The summed E-state index contributed by atoms with van der Waals surface area (Å²) in [6, 6.07) is 0. The van der Waals surface area contributed by atoms with Crippen molar-refractivity contribution in [3.05, 3.63) is 0 Å². The Morgan fingerprint density at radius 1 is 0.875 bits per heavy atom. The Morgan fingerprint density at radius 3 is 2.06 bits per heavy atom. The van der Waals surface area contributed by atoms with Gasteiger partial charge in [0.15, 0.2) is 0 Å². The van der Waals surface area contributed by atoms with E-state index in [1.807, 2.05) is 0 Å². The van der Waals surface area contributed by atoms with Crippen molar-refractivity contribution >= 4 is 0 Å². The van der Waals surface area contributed by atoms with Crippen molar-refractivity contribution in [1.29, 1.82) is 0 Å². The number of hydrogen-bond acceptors (Lipinski definition) is 2. The topological polar surface area (TPSA) is 29.5 Å². The largest absolute Gasteiger partial charge is 0.393 e. The van der Waals surface area contributed by atoms with E-state index in [0.717, 1.165) is 25.9 Å². The average Bonchev–Trinajstić information content (AvgIpc) is 2.28. The maximum Gasteiger partial charge on any atom is 0.0541 e. The van der Waals surface area contributed by atoms with E-state index in [0.29, 0.717) is 0 Å². The zero-order chi connectivity index (χ0) is 12.1. The molecule has 1 N–H and O–H groups in total. The van der Waals surface area contributed by atoms with Gasteiger partial charge in [0.05, 0.1) is 6.10 Å². The Labute approximate surface area is 101 Å². The maximum absolute atomic E-state index is 9.66. The highest BCUT2D eigenvalue weighted by Gasteiger charge is 2.03. The summed E-state index contributed by atoms with van der Waals surface area (Å²) in [5, 5.41) is 9.66. The Morgan fingerprint density at radius 2 is 1.44 bits per heavy atom. The molecular weight excluding hydrogens is 200 g/mol. The molecule has 0 saturated heterocycles. The molecular formula is C14H30O2. The quantitative estimate of drug-likeness (QED) is 0.515. The minimum Gasteiger partial charge on any atom is -0.393 e. The molecule has 0 aliphatic heterocycles. The predicted octanol–water partition coefficient (Wildman–Crippen LogP) is 3.91. The Balaban J connectivity index is 3.06. The molecule has 0 aromatic rings. The summed E-state index contributed by atoms with van der Waals surface area (Å²) in [6.45, 7) is 3.02. The van der Waals surface area contributed by atoms with Gasteiger partial charge >= 0.3 is 0 Å². The lowest BCUT2D eigenvalue weighted by Gasteiger charge is -2.09. The monoisotopic (exact) mass is 230 g/mol. The van der Waals surface area contributed by atoms with Crippen LogP contribution in [0.1, 0.15) is 71.1 Å². The molecule has 2 heteroatoms. The second kappa shape index (κ2) is 13.0. The minimum atomic E-state index is -0.106. The number of aliphatic hydroxyl groups is 1. The number of rotatable bonds is 12. The lowest BCUT2D eigenvalue weighted by atomic mass is 10.0. The molecule has 1 atom stereocenters. The second-order valence-electron chi connectivity index (χ2n) is 4.70. The van der Waals surface area contributed by atoms with Gasteiger partial charge in [-0.1, -0.05) is 51.9 Å². The van der Waals surface area contributed by atoms with Gasteiger partial charge in [-0.15, -0.1) is 0 Å². The van der Waals surface area contributed by atoms with Gasteiger partial charge in [-0.25, -0.2) is 0 Å². The van der Waals surface area contributed by atoms with Crippen LogP contribution in [0.25, 0.3) is 0 Å². The van der Waals surface area contributed by atoms with Gasteiger partial charge in [0.25, 0.3) is 0 Å². The molecule has 0 saturated carbocycles. The molecule has 0 bridgehead atoms. The van der Waals surface area contributed by atoms with Crippen LogP contribution in [0.2, 0.25) is 0 Å². The van der Waals surface area contributed by atoms with Gasteiger partial charge in [0, 0.05) is 13.7 Å². The summed E-state index contributed by atoms with van der Waals surface area (Å²) in [7, 11) is 1.71. The molecule has 0 aliphatic carbocycles. The molecule has 0 fully saturated rings. The van der Waals surface area contributed by atoms with E-state index in [1.165, 1.54) is 44.9 Å². The Bertz CT molecular complexity index is 126. The molecule has 0 aromatic carbocycles. The molecule has 0 spiro atoms. The number of unbranched alkanes of at least 4 members (excludes halogenated alkanes) is 6. The van der Waals surface area contributed by atoms with Crippen molar-refractivity contribution in [2.45, 2.75) is 77.2 Å². The second-order valence-corrected chi connectivity index (χ2v) is 4.70. The zero-order valence-corrected chi connectivity index (χ0v) is 11.2. The van der Waals surface area contributed by atoms with E-state index in [4.69, 9.17) is 4.74 Å². The smallest absolute Gasteiger partial charge is 0.0541 e. The molecule has 0 aromatic heterocycles. The molecule has 0 heterocycles. The first-order valence-corrected chi connectivity index (χ1v) is 6.98. The van der Waals surface area contributed by atoms with E-state index in [-0.39, 0.29) is 6.10 Å². The van der Waals surface area contributed by atoms with E-state index < -0.39 is 0 Å². The Hall–Kier alpha value is -0.0800. The van der Waals surface area contributed by atoms with Gasteiger partial charge in [-0.2, -0.15) is 0 Å². The van der Waals surface area contributed by atoms with Crippen LogP contribution >= 0.6 is 0 Å². The summed E-state index contributed by atoms with van der Waals surface area (Å²) in [6.07, 6.45) is 12.0. The van der Waals surface area contributed by atoms with Crippen LogP contribution < -0.4 is 0 Å². The van der Waals surface area contributed by atoms with E-state index in [1.54, 1.807) is 7.11 Å². The van der Waals surface area contributed by atoms with Crippen LogP contribution in [0.3, 0.4) is 0 Å². The van der Waals surface area contributed by atoms with Gasteiger partial charge in [-0.05, 0) is 19.3 Å². The van der Waals surface area contributed by atoms with Crippen molar-refractivity contribution < 1.29 is 9.84 Å². The van der Waals surface area contributed by atoms with Crippen LogP contribution in [0.4, 0.5) is 0 Å². The van der Waals surface area contributed by atoms with Crippen LogP contribution in [0.15, 0.2) is 0 Å². The predicted molar refractivity (Wildman–Crippen MR) is 69.7 cm³/mol. The number of methoxy groups -OCH3 is 1. The van der Waals surface area contributed by atoms with Gasteiger partial charge in [0.1, 0.15) is 0 Å². The standard InChI is InChI=1S/C14H30O2/c1-3-4-5-6-7-8-9-11-14(15)12-10-13-16-2/h14-15H,3-13H2,1-2H3. The van der Waals surface area contributed by atoms with Crippen molar-refractivity contribution in [2.75, 3.05) is 13.7 Å². The first-order chi connectivity index (χ1) is 7.81. The normalized spacial score (nSPS) is 12.9. The van der Waals surface area contributed by atoms with E-state index in [9.17, 15) is 5.11 Å². The van der Waals surface area contributed by atoms with E-state index in [2.05, 4.69) is 6.92 Å². The third-order valence-electron chi connectivity index (χ3n) is 3.03. The lowest BCUT2D eigenvalue weighted by Crippen LogP contribution is -2.07. The van der Waals surface area contributed by atoms with Crippen molar-refractivity contribution in [1.82, 2.24) is 0 Å². The summed E-state index contributed by atoms with van der Waals surface area (Å²) >= 11 is 0. The summed E-state index contributed by atoms with van der Waals surface area (Å²) < 4.78 is 4.96. The number of aliphatic hydroxyl groups excluding tert-OH is 1. The third kappa shape index (κ3) is 12.0. The SMILES string of the molecule is CCCCCCCCCC(O)CCCOC. The molecule has 98 valence electrons. The number of ether oxygens (including phenoxy) is 1. The van der Waals surface area contributed by atoms with Gasteiger partial charge in [0.2, 0.25) is 0 Å². The molecule has 2 nitrogen and oxygen atoms in total. The summed E-state index contributed by atoms with van der Waals surface area (Å²) in [5.74, 6) is 0. The van der Waals surface area contributed by atoms with Crippen LogP contribution in [0.5, 0.6) is 0 Å². The number of hydrogen-bond donors (Lipinski definition) is 1. The molecule has 0 amide bonds. The fourth-order valence-corrected chi connectivity index (χ4v) is 1.94. The fraction of sp³-hybridized carbons (Fsp3) is 1.00. The highest BCUT2D eigenvalue weighted by molar-refractivity contribution is 4.56. The molecule has 1 unspecified atom stereocenters. The average molecular weight is 230 g/mol. The van der Waals surface area contributed by atoms with Gasteiger partial charge < -0.3 is 9.84 Å². The molecule has 0 rings (SSSR count). The zero-order valence-electron chi connectivity index (χ0n) is 11.2. The van der Waals surface area contributed by atoms with Crippen molar-refractivity contribution in [3.8, 4) is 0 Å².